The van der Waals surface area contributed by atoms with Crippen molar-refractivity contribution < 1.29 is 9.47 Å². The molecular weight excluding hydrogens is 359 g/mol. The predicted octanol–water partition coefficient (Wildman–Crippen LogP) is 3.82. The molecule has 0 aliphatic carbocycles. The van der Waals surface area contributed by atoms with Crippen LogP contribution < -0.4 is 5.43 Å². The number of pyridine rings is 1. The van der Waals surface area contributed by atoms with Crippen molar-refractivity contribution in [1.82, 2.24) is 14.9 Å². The second kappa shape index (κ2) is 6.74. The van der Waals surface area contributed by atoms with E-state index in [1.807, 2.05) is 6.07 Å². The van der Waals surface area contributed by atoms with Crippen LogP contribution in [0.2, 0.25) is 10.0 Å². The van der Waals surface area contributed by atoms with Crippen LogP contribution in [0.25, 0.3) is 10.9 Å². The first-order valence-corrected chi connectivity index (χ1v) is 8.00. The monoisotopic (exact) mass is 370 g/mol. The average molecular weight is 371 g/mol. The van der Waals surface area contributed by atoms with E-state index in [9.17, 15) is 0 Å². The van der Waals surface area contributed by atoms with Crippen molar-refractivity contribution in [2.45, 2.75) is 4.90 Å². The van der Waals surface area contributed by atoms with Gasteiger partial charge < -0.3 is 9.47 Å². The minimum absolute atomic E-state index is 0.417. The summed E-state index contributed by atoms with van der Waals surface area (Å²) >= 11 is 13.7. The van der Waals surface area contributed by atoms with Crippen molar-refractivity contribution in [3.63, 3.8) is 0 Å². The molecule has 2 aromatic rings. The molecule has 3 rings (SSSR count). The topological polar surface area (TPSA) is 59.0 Å². The van der Waals surface area contributed by atoms with E-state index in [4.69, 9.17) is 32.7 Å². The third kappa shape index (κ3) is 3.41. The summed E-state index contributed by atoms with van der Waals surface area (Å²) in [5.41, 5.74) is 3.70. The van der Waals surface area contributed by atoms with Crippen LogP contribution in [0.15, 0.2) is 46.4 Å². The Bertz CT molecular complexity index is 813. The van der Waals surface area contributed by atoms with Crippen molar-refractivity contribution in [2.24, 2.45) is 5.10 Å². The number of halogens is 2. The second-order valence-corrected chi connectivity index (χ2v) is 6.23. The summed E-state index contributed by atoms with van der Waals surface area (Å²) in [6.07, 6.45) is 3.34. The maximum atomic E-state index is 6.32. The van der Waals surface area contributed by atoms with Gasteiger partial charge in [-0.3, -0.25) is 4.98 Å². The zero-order valence-electron chi connectivity index (χ0n) is 12.2. The Morgan fingerprint density at radius 2 is 2.04 bits per heavy atom. The molecule has 0 atom stereocenters. The molecule has 0 unspecified atom stereocenters. The zero-order chi connectivity index (χ0) is 16.4. The fourth-order valence-corrected chi connectivity index (χ4v) is 3.48. The van der Waals surface area contributed by atoms with Crippen LogP contribution in [0.1, 0.15) is 0 Å². The van der Waals surface area contributed by atoms with Crippen LogP contribution in [0, 0.1) is 0 Å². The van der Waals surface area contributed by atoms with Gasteiger partial charge >= 0.3 is 0 Å². The Hall–Kier alpha value is -1.83. The number of fused-ring (bicyclic) bond motifs is 1. The third-order valence-electron chi connectivity index (χ3n) is 2.98. The standard InChI is InChI=1S/C14H12Cl2N4O2S/c1-21-12-7-13(22-2)19-20(18-12)23-11-3-4-17-10-6-8(15)5-9(16)14(10)11/h3-7,18H,1-2H3. The molecule has 0 spiro atoms. The molecule has 23 heavy (non-hydrogen) atoms. The van der Waals surface area contributed by atoms with Crippen molar-refractivity contribution in [1.29, 1.82) is 0 Å². The molecule has 0 saturated carbocycles. The fourth-order valence-electron chi connectivity index (χ4n) is 1.97. The van der Waals surface area contributed by atoms with E-state index >= 15 is 0 Å². The number of aromatic nitrogens is 1. The molecule has 0 fully saturated rings. The van der Waals surface area contributed by atoms with Crippen molar-refractivity contribution in [3.05, 3.63) is 46.4 Å². The maximum absolute atomic E-state index is 6.32. The minimum Gasteiger partial charge on any atom is -0.481 e. The Morgan fingerprint density at radius 3 is 2.78 bits per heavy atom. The van der Waals surface area contributed by atoms with E-state index in [1.165, 1.54) is 23.6 Å². The van der Waals surface area contributed by atoms with Crippen LogP contribution in [-0.4, -0.2) is 29.6 Å². The molecule has 1 N–H and O–H groups in total. The van der Waals surface area contributed by atoms with Gasteiger partial charge in [0.1, 0.15) is 0 Å². The molecule has 1 aromatic heterocycles. The van der Waals surface area contributed by atoms with Crippen LogP contribution in [0.3, 0.4) is 0 Å². The molecule has 6 nitrogen and oxygen atoms in total. The zero-order valence-corrected chi connectivity index (χ0v) is 14.5. The van der Waals surface area contributed by atoms with Gasteiger partial charge in [0.05, 0.1) is 30.8 Å². The largest absolute Gasteiger partial charge is 0.481 e. The predicted molar refractivity (Wildman–Crippen MR) is 92.1 cm³/mol. The molecule has 1 aliphatic heterocycles. The summed E-state index contributed by atoms with van der Waals surface area (Å²) in [6, 6.07) is 5.30. The van der Waals surface area contributed by atoms with Crippen LogP contribution >= 0.6 is 35.1 Å². The Morgan fingerprint density at radius 1 is 1.22 bits per heavy atom. The molecule has 0 bridgehead atoms. The molecule has 0 amide bonds. The average Bonchev–Trinajstić information content (AvgIpc) is 2.54. The van der Waals surface area contributed by atoms with Gasteiger partial charge in [0, 0.05) is 33.4 Å². The lowest BCUT2D eigenvalue weighted by Crippen LogP contribution is -2.33. The number of nitrogens with one attached hydrogen (secondary N) is 1. The van der Waals surface area contributed by atoms with E-state index < -0.39 is 0 Å². The first-order chi connectivity index (χ1) is 11.1. The number of nitrogens with zero attached hydrogens (tertiary/aromatic N) is 3. The van der Waals surface area contributed by atoms with Crippen molar-refractivity contribution in [3.8, 4) is 0 Å². The molecule has 1 aromatic carbocycles. The highest BCUT2D eigenvalue weighted by Gasteiger charge is 2.17. The molecular formula is C14H12Cl2N4O2S. The minimum atomic E-state index is 0.417. The maximum Gasteiger partial charge on any atom is 0.239 e. The summed E-state index contributed by atoms with van der Waals surface area (Å²) in [6.45, 7) is 0. The van der Waals surface area contributed by atoms with Gasteiger partial charge in [-0.15, -0.1) is 9.62 Å². The van der Waals surface area contributed by atoms with Crippen molar-refractivity contribution in [2.75, 3.05) is 14.2 Å². The van der Waals surface area contributed by atoms with Gasteiger partial charge in [-0.05, 0) is 18.2 Å². The van der Waals surface area contributed by atoms with Gasteiger partial charge in [-0.1, -0.05) is 23.2 Å². The van der Waals surface area contributed by atoms with Gasteiger partial charge in [0.15, 0.2) is 0 Å². The molecule has 0 saturated heterocycles. The summed E-state index contributed by atoms with van der Waals surface area (Å²) in [5, 5.41) is 6.15. The number of hydrazone groups is 1. The summed E-state index contributed by atoms with van der Waals surface area (Å²) < 4.78 is 11.9. The normalized spacial score (nSPS) is 14.2. The van der Waals surface area contributed by atoms with E-state index in [2.05, 4.69) is 15.5 Å². The van der Waals surface area contributed by atoms with E-state index in [0.29, 0.717) is 27.3 Å². The highest BCUT2D eigenvalue weighted by atomic mass is 35.5. The summed E-state index contributed by atoms with van der Waals surface area (Å²) in [4.78, 5) is 5.16. The molecule has 2 heterocycles. The fraction of sp³-hybridized carbons (Fsp3) is 0.143. The quantitative estimate of drug-likeness (QED) is 0.828. The summed E-state index contributed by atoms with van der Waals surface area (Å²) in [7, 11) is 3.10. The lowest BCUT2D eigenvalue weighted by Gasteiger charge is -2.24. The van der Waals surface area contributed by atoms with Crippen LogP contribution in [0.5, 0.6) is 0 Å². The molecule has 120 valence electrons. The Kier molecular flexibility index (Phi) is 4.70. The smallest absolute Gasteiger partial charge is 0.239 e. The van der Waals surface area contributed by atoms with Gasteiger partial charge in [-0.25, -0.2) is 5.43 Å². The lowest BCUT2D eigenvalue weighted by molar-refractivity contribution is 0.204. The Labute approximate surface area is 147 Å². The van der Waals surface area contributed by atoms with Gasteiger partial charge in [0.25, 0.3) is 0 Å². The highest BCUT2D eigenvalue weighted by Crippen LogP contribution is 2.35. The number of rotatable bonds is 3. The summed E-state index contributed by atoms with van der Waals surface area (Å²) in [5.74, 6) is 0.928. The number of hydrogen-bond donors (Lipinski definition) is 1. The molecule has 0 radical (unpaired) electrons. The number of hydrogen-bond acceptors (Lipinski definition) is 7. The molecule has 9 heteroatoms. The van der Waals surface area contributed by atoms with Crippen LogP contribution in [0.4, 0.5) is 0 Å². The SMILES string of the molecule is COC1=CC(OC)=NN(Sc2ccnc3cc(Cl)cc(Cl)c23)N1. The number of methoxy groups -OCH3 is 2. The highest BCUT2D eigenvalue weighted by molar-refractivity contribution is 7.97. The number of hydrazine groups is 1. The van der Waals surface area contributed by atoms with Crippen molar-refractivity contribution >= 4 is 52.0 Å². The lowest BCUT2D eigenvalue weighted by atomic mass is 10.2. The first kappa shape index (κ1) is 16.0. The second-order valence-electron chi connectivity index (χ2n) is 4.42. The molecule has 1 aliphatic rings. The van der Waals surface area contributed by atoms with E-state index in [0.717, 1.165) is 10.3 Å². The third-order valence-corrected chi connectivity index (χ3v) is 4.38. The van der Waals surface area contributed by atoms with Gasteiger partial charge in [0.2, 0.25) is 11.8 Å². The van der Waals surface area contributed by atoms with E-state index in [-0.39, 0.29) is 0 Å². The number of ether oxygens (including phenoxy) is 2. The van der Waals surface area contributed by atoms with E-state index in [1.54, 1.807) is 31.5 Å². The van der Waals surface area contributed by atoms with Gasteiger partial charge in [-0.2, -0.15) is 0 Å². The first-order valence-electron chi connectivity index (χ1n) is 6.47. The Balaban J connectivity index is 1.96. The number of benzene rings is 1. The van der Waals surface area contributed by atoms with Crippen LogP contribution in [-0.2, 0) is 9.47 Å².